The van der Waals surface area contributed by atoms with Crippen LogP contribution in [0.3, 0.4) is 0 Å². The van der Waals surface area contributed by atoms with E-state index in [0.29, 0.717) is 22.3 Å². The van der Waals surface area contributed by atoms with Gasteiger partial charge in [0.15, 0.2) is 16.6 Å². The molecule has 0 radical (unpaired) electrons. The second-order valence-corrected chi connectivity index (χ2v) is 5.57. The summed E-state index contributed by atoms with van der Waals surface area (Å²) in [4.78, 5) is 17.4. The number of tetrazole rings is 1. The first-order valence-corrected chi connectivity index (χ1v) is 7.02. The highest BCUT2D eigenvalue weighted by Crippen LogP contribution is 2.28. The number of aryl methyl sites for hydroxylation is 1. The van der Waals surface area contributed by atoms with Gasteiger partial charge in [0.25, 0.3) is 5.91 Å². The lowest BCUT2D eigenvalue weighted by Crippen LogP contribution is -2.28. The van der Waals surface area contributed by atoms with Crippen molar-refractivity contribution in [1.82, 2.24) is 30.9 Å². The minimum Gasteiger partial charge on any atom is -0.462 e. The van der Waals surface area contributed by atoms with Gasteiger partial charge in [0.1, 0.15) is 5.69 Å². The number of hydrogen-bond donors (Lipinski definition) is 2. The number of thiazole rings is 1. The molecule has 0 aliphatic heterocycles. The number of carbonyl (C=O) groups excluding carboxylic acids is 1. The molecule has 0 aliphatic rings. The number of furan rings is 1. The smallest absolute Gasteiger partial charge is 0.271 e. The molecular formula is C12H12N6O2S. The molecule has 8 nitrogen and oxygen atoms in total. The van der Waals surface area contributed by atoms with Crippen molar-refractivity contribution in [3.63, 3.8) is 0 Å². The van der Waals surface area contributed by atoms with Crippen LogP contribution in [0.1, 0.15) is 34.2 Å². The van der Waals surface area contributed by atoms with E-state index < -0.39 is 0 Å². The fourth-order valence-electron chi connectivity index (χ4n) is 1.80. The molecule has 3 rings (SSSR count). The first-order chi connectivity index (χ1) is 10.1. The molecule has 108 valence electrons. The Hall–Kier alpha value is -2.55. The molecule has 1 atom stereocenters. The van der Waals surface area contributed by atoms with Crippen molar-refractivity contribution in [2.45, 2.75) is 19.9 Å². The molecule has 3 aromatic rings. The van der Waals surface area contributed by atoms with Crippen molar-refractivity contribution in [2.75, 3.05) is 0 Å². The zero-order valence-electron chi connectivity index (χ0n) is 11.3. The van der Waals surface area contributed by atoms with Gasteiger partial charge in [-0.25, -0.2) is 4.98 Å². The quantitative estimate of drug-likeness (QED) is 0.759. The first-order valence-electron chi connectivity index (χ1n) is 6.20. The van der Waals surface area contributed by atoms with Crippen LogP contribution >= 0.6 is 11.3 Å². The molecule has 2 N–H and O–H groups in total. The zero-order chi connectivity index (χ0) is 14.8. The maximum Gasteiger partial charge on any atom is 0.271 e. The van der Waals surface area contributed by atoms with Crippen LogP contribution in [0.4, 0.5) is 0 Å². The highest BCUT2D eigenvalue weighted by atomic mass is 32.1. The highest BCUT2D eigenvalue weighted by Gasteiger charge is 2.20. The summed E-state index contributed by atoms with van der Waals surface area (Å²) in [7, 11) is 0. The van der Waals surface area contributed by atoms with Crippen molar-refractivity contribution >= 4 is 17.2 Å². The average molecular weight is 304 g/mol. The summed E-state index contributed by atoms with van der Waals surface area (Å²) >= 11 is 1.41. The molecule has 1 amide bonds. The first kappa shape index (κ1) is 13.4. The molecule has 0 aliphatic carbocycles. The van der Waals surface area contributed by atoms with Crippen LogP contribution in [0.25, 0.3) is 10.8 Å². The zero-order valence-corrected chi connectivity index (χ0v) is 12.1. The monoisotopic (exact) mass is 304 g/mol. The molecule has 1 unspecified atom stereocenters. The van der Waals surface area contributed by atoms with E-state index in [1.807, 2.05) is 13.0 Å². The Balaban J connectivity index is 1.79. The van der Waals surface area contributed by atoms with Crippen molar-refractivity contribution in [2.24, 2.45) is 0 Å². The molecule has 3 aromatic heterocycles. The van der Waals surface area contributed by atoms with E-state index in [-0.39, 0.29) is 11.9 Å². The number of hydrogen-bond acceptors (Lipinski definition) is 7. The van der Waals surface area contributed by atoms with Crippen molar-refractivity contribution in [3.05, 3.63) is 34.8 Å². The van der Waals surface area contributed by atoms with E-state index in [0.717, 1.165) is 4.88 Å². The minimum absolute atomic E-state index is 0.279. The van der Waals surface area contributed by atoms with Gasteiger partial charge in [0, 0.05) is 4.88 Å². The summed E-state index contributed by atoms with van der Waals surface area (Å²) in [5.41, 5.74) is 0.377. The SMILES string of the molecule is Cc1sc(-c2ccco2)nc1C(=O)NC(C)c1nn[nH]n1. The molecule has 0 saturated carbocycles. The van der Waals surface area contributed by atoms with Crippen LogP contribution < -0.4 is 5.32 Å². The van der Waals surface area contributed by atoms with E-state index in [4.69, 9.17) is 4.42 Å². The summed E-state index contributed by atoms with van der Waals surface area (Å²) in [5, 5.41) is 17.0. The van der Waals surface area contributed by atoms with Crippen LogP contribution in [-0.4, -0.2) is 31.5 Å². The maximum atomic E-state index is 12.3. The second-order valence-electron chi connectivity index (χ2n) is 4.37. The number of aromatic amines is 1. The van der Waals surface area contributed by atoms with E-state index in [1.165, 1.54) is 11.3 Å². The summed E-state index contributed by atoms with van der Waals surface area (Å²) in [5.74, 6) is 0.787. The molecule has 3 heterocycles. The average Bonchev–Trinajstić information content (AvgIpc) is 3.20. The molecule has 0 fully saturated rings. The lowest BCUT2D eigenvalue weighted by atomic mass is 10.3. The standard InChI is InChI=1S/C12H12N6O2S/c1-6(10-15-17-18-16-10)13-11(19)9-7(2)21-12(14-9)8-4-3-5-20-8/h3-6H,1-2H3,(H,13,19)(H,15,16,17,18). The van der Waals surface area contributed by atoms with Gasteiger partial charge in [0.2, 0.25) is 0 Å². The largest absolute Gasteiger partial charge is 0.462 e. The molecule has 0 spiro atoms. The number of nitrogens with zero attached hydrogens (tertiary/aromatic N) is 4. The topological polar surface area (TPSA) is 110 Å². The summed E-state index contributed by atoms with van der Waals surface area (Å²) in [6, 6.07) is 3.23. The number of nitrogens with one attached hydrogen (secondary N) is 2. The Labute approximate surface area is 123 Å². The third-order valence-electron chi connectivity index (χ3n) is 2.84. The highest BCUT2D eigenvalue weighted by molar-refractivity contribution is 7.15. The van der Waals surface area contributed by atoms with Gasteiger partial charge in [-0.05, 0) is 26.0 Å². The van der Waals surface area contributed by atoms with Gasteiger partial charge in [-0.15, -0.1) is 21.5 Å². The molecule has 0 saturated heterocycles. The van der Waals surface area contributed by atoms with Gasteiger partial charge in [-0.2, -0.15) is 5.21 Å². The lowest BCUT2D eigenvalue weighted by molar-refractivity contribution is 0.0933. The van der Waals surface area contributed by atoms with Gasteiger partial charge in [0.05, 0.1) is 12.3 Å². The number of aromatic nitrogens is 5. The van der Waals surface area contributed by atoms with E-state index in [1.54, 1.807) is 19.3 Å². The molecule has 21 heavy (non-hydrogen) atoms. The second kappa shape index (κ2) is 5.44. The van der Waals surface area contributed by atoms with Crippen molar-refractivity contribution < 1.29 is 9.21 Å². The molecular weight excluding hydrogens is 292 g/mol. The van der Waals surface area contributed by atoms with Crippen molar-refractivity contribution in [3.8, 4) is 10.8 Å². The predicted octanol–water partition coefficient (Wildman–Crippen LogP) is 1.72. The van der Waals surface area contributed by atoms with Crippen LogP contribution in [0.15, 0.2) is 22.8 Å². The van der Waals surface area contributed by atoms with Crippen LogP contribution in [0, 0.1) is 6.92 Å². The van der Waals surface area contributed by atoms with Gasteiger partial charge >= 0.3 is 0 Å². The fourth-order valence-corrected chi connectivity index (χ4v) is 2.67. The van der Waals surface area contributed by atoms with Gasteiger partial charge < -0.3 is 9.73 Å². The fraction of sp³-hybridized carbons (Fsp3) is 0.250. The van der Waals surface area contributed by atoms with Crippen molar-refractivity contribution in [1.29, 1.82) is 0 Å². The summed E-state index contributed by atoms with van der Waals surface area (Å²) in [6.45, 7) is 3.62. The third-order valence-corrected chi connectivity index (χ3v) is 3.83. The van der Waals surface area contributed by atoms with E-state index in [2.05, 4.69) is 30.9 Å². The van der Waals surface area contributed by atoms with E-state index >= 15 is 0 Å². The van der Waals surface area contributed by atoms with Gasteiger partial charge in [-0.1, -0.05) is 5.21 Å². The molecule has 0 aromatic carbocycles. The van der Waals surface area contributed by atoms with Crippen LogP contribution in [-0.2, 0) is 0 Å². The Bertz CT molecular complexity index is 734. The lowest BCUT2D eigenvalue weighted by Gasteiger charge is -2.08. The summed E-state index contributed by atoms with van der Waals surface area (Å²) in [6.07, 6.45) is 1.57. The molecule has 0 bridgehead atoms. The summed E-state index contributed by atoms with van der Waals surface area (Å²) < 4.78 is 5.29. The Kier molecular flexibility index (Phi) is 3.48. The van der Waals surface area contributed by atoms with Crippen LogP contribution in [0.5, 0.6) is 0 Å². The molecule has 9 heteroatoms. The van der Waals surface area contributed by atoms with E-state index in [9.17, 15) is 4.79 Å². The Morgan fingerprint density at radius 1 is 1.52 bits per heavy atom. The number of amides is 1. The normalized spacial score (nSPS) is 12.3. The minimum atomic E-state index is -0.357. The number of rotatable bonds is 4. The van der Waals surface area contributed by atoms with Gasteiger partial charge in [-0.3, -0.25) is 4.79 Å². The third kappa shape index (κ3) is 2.68. The predicted molar refractivity (Wildman–Crippen MR) is 74.6 cm³/mol. The van der Waals surface area contributed by atoms with Crippen LogP contribution in [0.2, 0.25) is 0 Å². The Morgan fingerprint density at radius 2 is 2.38 bits per heavy atom. The Morgan fingerprint density at radius 3 is 3.05 bits per heavy atom. The number of carbonyl (C=O) groups is 1. The number of H-pyrrole nitrogens is 1. The maximum absolute atomic E-state index is 12.3.